The molecule has 0 radical (unpaired) electrons. The van der Waals surface area contributed by atoms with Gasteiger partial charge in [0.25, 0.3) is 0 Å². The van der Waals surface area contributed by atoms with Crippen molar-refractivity contribution in [2.45, 2.75) is 65.0 Å². The minimum Gasteiger partial charge on any atom is -0.367 e. The van der Waals surface area contributed by atoms with E-state index in [-0.39, 0.29) is 5.41 Å². The molecular weight excluding hydrogens is 284 g/mol. The first-order valence-corrected chi connectivity index (χ1v) is 8.07. The maximum Gasteiger partial charge on any atom is 0.137 e. The monoisotopic (exact) mass is 310 g/mol. The van der Waals surface area contributed by atoms with Crippen LogP contribution in [0.2, 0.25) is 5.15 Å². The lowest BCUT2D eigenvalue weighted by atomic mass is 9.95. The molecule has 5 heteroatoms. The van der Waals surface area contributed by atoms with Crippen LogP contribution in [0.3, 0.4) is 0 Å². The Kier molecular flexibility index (Phi) is 4.79. The van der Waals surface area contributed by atoms with Gasteiger partial charge in [-0.2, -0.15) is 0 Å². The summed E-state index contributed by atoms with van der Waals surface area (Å²) >= 11 is 6.30. The molecule has 0 bridgehead atoms. The lowest BCUT2D eigenvalue weighted by Gasteiger charge is -2.36. The van der Waals surface area contributed by atoms with E-state index in [1.807, 2.05) is 6.92 Å². The Morgan fingerprint density at radius 1 is 1.29 bits per heavy atom. The summed E-state index contributed by atoms with van der Waals surface area (Å²) in [6.07, 6.45) is 2.26. The lowest BCUT2D eigenvalue weighted by Crippen LogP contribution is -2.42. The Bertz CT molecular complexity index is 510. The molecule has 1 saturated heterocycles. The maximum atomic E-state index is 6.30. The van der Waals surface area contributed by atoms with E-state index in [9.17, 15) is 0 Å². The van der Waals surface area contributed by atoms with E-state index in [0.29, 0.717) is 17.2 Å². The van der Waals surface area contributed by atoms with Crippen LogP contribution in [0.5, 0.6) is 0 Å². The van der Waals surface area contributed by atoms with Gasteiger partial charge >= 0.3 is 0 Å². The number of aromatic nitrogens is 2. The molecular formula is C16H27ClN4. The Labute approximate surface area is 133 Å². The number of halogens is 1. The normalized spacial score (nSPS) is 24.1. The first-order chi connectivity index (χ1) is 9.68. The predicted octanol–water partition coefficient (Wildman–Crippen LogP) is 3.63. The Balaban J connectivity index is 2.21. The van der Waals surface area contributed by atoms with Crippen LogP contribution < -0.4 is 5.32 Å². The lowest BCUT2D eigenvalue weighted by molar-refractivity contribution is 0.190. The van der Waals surface area contributed by atoms with Gasteiger partial charge in [-0.15, -0.1) is 0 Å². The van der Waals surface area contributed by atoms with Crippen LogP contribution >= 0.6 is 11.6 Å². The van der Waals surface area contributed by atoms with Crippen molar-refractivity contribution in [1.29, 1.82) is 0 Å². The minimum atomic E-state index is -0.103. The second-order valence-corrected chi connectivity index (χ2v) is 7.61. The van der Waals surface area contributed by atoms with Gasteiger partial charge < -0.3 is 10.2 Å². The van der Waals surface area contributed by atoms with Crippen molar-refractivity contribution >= 4 is 17.4 Å². The van der Waals surface area contributed by atoms with E-state index in [2.05, 4.69) is 49.9 Å². The summed E-state index contributed by atoms with van der Waals surface area (Å²) in [4.78, 5) is 11.6. The summed E-state index contributed by atoms with van der Waals surface area (Å²) in [7, 11) is 2.19. The van der Waals surface area contributed by atoms with Crippen LogP contribution in [0.1, 0.15) is 51.9 Å². The van der Waals surface area contributed by atoms with Crippen LogP contribution in [0.25, 0.3) is 0 Å². The second kappa shape index (κ2) is 6.09. The van der Waals surface area contributed by atoms with Gasteiger partial charge in [-0.05, 0) is 33.7 Å². The number of piperidine rings is 1. The molecule has 0 spiro atoms. The number of rotatable bonds is 2. The predicted molar refractivity (Wildman–Crippen MR) is 89.2 cm³/mol. The third kappa shape index (κ3) is 3.86. The van der Waals surface area contributed by atoms with E-state index in [1.165, 1.54) is 0 Å². The third-order valence-corrected chi connectivity index (χ3v) is 4.67. The van der Waals surface area contributed by atoms with Gasteiger partial charge in [0.1, 0.15) is 16.8 Å². The van der Waals surface area contributed by atoms with Crippen LogP contribution in [-0.4, -0.2) is 40.5 Å². The highest BCUT2D eigenvalue weighted by Crippen LogP contribution is 2.28. The average Bonchev–Trinajstić information content (AvgIpc) is 2.38. The van der Waals surface area contributed by atoms with Crippen LogP contribution in [0.15, 0.2) is 0 Å². The fraction of sp³-hybridized carbons (Fsp3) is 0.750. The Morgan fingerprint density at radius 3 is 2.52 bits per heavy atom. The molecule has 0 saturated carbocycles. The van der Waals surface area contributed by atoms with Gasteiger partial charge in [0.2, 0.25) is 0 Å². The van der Waals surface area contributed by atoms with Crippen LogP contribution in [0, 0.1) is 6.92 Å². The Hall–Kier alpha value is -0.870. The molecule has 0 aromatic carbocycles. The molecule has 2 atom stereocenters. The van der Waals surface area contributed by atoms with Crippen molar-refractivity contribution in [3.05, 3.63) is 16.5 Å². The zero-order chi connectivity index (χ0) is 15.8. The van der Waals surface area contributed by atoms with Crippen LogP contribution in [0.4, 0.5) is 5.82 Å². The van der Waals surface area contributed by atoms with Gasteiger partial charge in [0.15, 0.2) is 0 Å². The zero-order valence-electron chi connectivity index (χ0n) is 14.0. The number of nitrogens with one attached hydrogen (secondary N) is 1. The number of hydrogen-bond acceptors (Lipinski definition) is 4. The Morgan fingerprint density at radius 2 is 1.95 bits per heavy atom. The molecule has 2 rings (SSSR count). The van der Waals surface area contributed by atoms with Crippen LogP contribution in [-0.2, 0) is 5.41 Å². The van der Waals surface area contributed by atoms with Gasteiger partial charge in [-0.25, -0.2) is 9.97 Å². The topological polar surface area (TPSA) is 41.1 Å². The number of hydrogen-bond donors (Lipinski definition) is 1. The SMILES string of the molecule is Cc1c(Cl)nc(C(C)(C)C)nc1NC1CCN(C)C(C)C1. The summed E-state index contributed by atoms with van der Waals surface area (Å²) in [6, 6.07) is 1.05. The number of nitrogens with zero attached hydrogens (tertiary/aromatic N) is 3. The van der Waals surface area contributed by atoms with Gasteiger partial charge in [-0.3, -0.25) is 0 Å². The quantitative estimate of drug-likeness (QED) is 0.847. The molecule has 0 aliphatic carbocycles. The minimum absolute atomic E-state index is 0.103. The first kappa shape index (κ1) is 16.5. The standard InChI is InChI=1S/C16H27ClN4/c1-10-9-12(7-8-21(10)6)18-14-11(2)13(17)19-15(20-14)16(3,4)5/h10,12H,7-9H2,1-6H3,(H,18,19,20). The molecule has 2 unspecified atom stereocenters. The molecule has 2 heterocycles. The largest absolute Gasteiger partial charge is 0.367 e. The molecule has 1 N–H and O–H groups in total. The molecule has 21 heavy (non-hydrogen) atoms. The fourth-order valence-electron chi connectivity index (χ4n) is 2.58. The van der Waals surface area contributed by atoms with E-state index in [4.69, 9.17) is 16.6 Å². The maximum absolute atomic E-state index is 6.30. The van der Waals surface area contributed by atoms with Crippen molar-refractivity contribution in [2.24, 2.45) is 0 Å². The summed E-state index contributed by atoms with van der Waals surface area (Å²) in [6.45, 7) is 11.7. The highest BCUT2D eigenvalue weighted by atomic mass is 35.5. The average molecular weight is 311 g/mol. The number of anilines is 1. The van der Waals surface area contributed by atoms with E-state index < -0.39 is 0 Å². The summed E-state index contributed by atoms with van der Waals surface area (Å²) in [5, 5.41) is 4.15. The molecule has 0 amide bonds. The highest BCUT2D eigenvalue weighted by Gasteiger charge is 2.25. The van der Waals surface area contributed by atoms with Crippen molar-refractivity contribution in [3.8, 4) is 0 Å². The molecule has 1 aromatic rings. The number of likely N-dealkylation sites (tertiary alicyclic amines) is 1. The van der Waals surface area contributed by atoms with E-state index in [0.717, 1.165) is 36.6 Å². The summed E-state index contributed by atoms with van der Waals surface area (Å²) < 4.78 is 0. The summed E-state index contributed by atoms with van der Waals surface area (Å²) in [5.74, 6) is 1.68. The van der Waals surface area contributed by atoms with E-state index in [1.54, 1.807) is 0 Å². The van der Waals surface area contributed by atoms with Crippen molar-refractivity contribution in [3.63, 3.8) is 0 Å². The smallest absolute Gasteiger partial charge is 0.137 e. The molecule has 1 aliphatic rings. The molecule has 1 fully saturated rings. The molecule has 4 nitrogen and oxygen atoms in total. The fourth-order valence-corrected chi connectivity index (χ4v) is 2.75. The van der Waals surface area contributed by atoms with Crippen molar-refractivity contribution in [2.75, 3.05) is 18.9 Å². The van der Waals surface area contributed by atoms with Gasteiger partial charge in [0, 0.05) is 29.6 Å². The third-order valence-electron chi connectivity index (χ3n) is 4.31. The zero-order valence-corrected chi connectivity index (χ0v) is 14.8. The first-order valence-electron chi connectivity index (χ1n) is 7.70. The van der Waals surface area contributed by atoms with E-state index >= 15 is 0 Å². The highest BCUT2D eigenvalue weighted by molar-refractivity contribution is 6.30. The van der Waals surface area contributed by atoms with Gasteiger partial charge in [-0.1, -0.05) is 32.4 Å². The molecule has 118 valence electrons. The molecule has 1 aromatic heterocycles. The summed E-state index contributed by atoms with van der Waals surface area (Å²) in [5.41, 5.74) is 0.838. The van der Waals surface area contributed by atoms with Gasteiger partial charge in [0.05, 0.1) is 0 Å². The second-order valence-electron chi connectivity index (χ2n) is 7.26. The van der Waals surface area contributed by atoms with Crippen molar-refractivity contribution < 1.29 is 0 Å². The molecule has 1 aliphatic heterocycles. The van der Waals surface area contributed by atoms with Crippen molar-refractivity contribution in [1.82, 2.24) is 14.9 Å².